The summed E-state index contributed by atoms with van der Waals surface area (Å²) in [6, 6.07) is 10.8. The van der Waals surface area contributed by atoms with E-state index in [-0.39, 0.29) is 0 Å². The van der Waals surface area contributed by atoms with E-state index in [0.29, 0.717) is 18.4 Å². The number of carbonyl (C=O) groups excluding carboxylic acids is 1. The van der Waals surface area contributed by atoms with Crippen LogP contribution in [0.1, 0.15) is 31.2 Å². The topological polar surface area (TPSA) is 26.8 Å². The van der Waals surface area contributed by atoms with Crippen molar-refractivity contribution in [2.24, 2.45) is 0 Å². The van der Waals surface area contributed by atoms with Crippen molar-refractivity contribution in [3.05, 3.63) is 35.9 Å². The summed E-state index contributed by atoms with van der Waals surface area (Å²) in [5, 5.41) is 0. The molecule has 1 aliphatic heterocycles. The number of amides is 1. The maximum Gasteiger partial charge on any atom is 0.222 e. The maximum absolute atomic E-state index is 12.5. The Labute approximate surface area is 147 Å². The third-order valence-electron chi connectivity index (χ3n) is 4.96. The highest BCUT2D eigenvalue weighted by molar-refractivity contribution is 5.76. The van der Waals surface area contributed by atoms with Gasteiger partial charge in [0.2, 0.25) is 5.91 Å². The van der Waals surface area contributed by atoms with Gasteiger partial charge in [-0.05, 0) is 65.5 Å². The molecule has 0 spiro atoms. The van der Waals surface area contributed by atoms with Gasteiger partial charge in [-0.25, -0.2) is 0 Å². The van der Waals surface area contributed by atoms with E-state index in [1.54, 1.807) is 0 Å². The summed E-state index contributed by atoms with van der Waals surface area (Å²) >= 11 is 0. The number of hydrogen-bond donors (Lipinski definition) is 0. The Morgan fingerprint density at radius 1 is 1.17 bits per heavy atom. The molecule has 1 unspecified atom stereocenters. The van der Waals surface area contributed by atoms with Crippen LogP contribution in [0.2, 0.25) is 0 Å². The summed E-state index contributed by atoms with van der Waals surface area (Å²) in [4.78, 5) is 19.3. The van der Waals surface area contributed by atoms with Crippen LogP contribution in [0.15, 0.2) is 30.3 Å². The third kappa shape index (κ3) is 6.25. The highest BCUT2D eigenvalue weighted by Crippen LogP contribution is 2.16. The summed E-state index contributed by atoms with van der Waals surface area (Å²) in [5.41, 5.74) is 1.25. The van der Waals surface area contributed by atoms with Crippen molar-refractivity contribution >= 4 is 5.91 Å². The van der Waals surface area contributed by atoms with Crippen LogP contribution in [0.3, 0.4) is 0 Å². The number of carbonyl (C=O) groups is 1. The second kappa shape index (κ2) is 9.80. The molecule has 1 aliphatic rings. The van der Waals surface area contributed by atoms with Gasteiger partial charge in [-0.1, -0.05) is 30.3 Å². The second-order valence-electron chi connectivity index (χ2n) is 7.26. The van der Waals surface area contributed by atoms with Gasteiger partial charge in [0.15, 0.2) is 0 Å². The van der Waals surface area contributed by atoms with Crippen LogP contribution < -0.4 is 0 Å². The zero-order valence-electron chi connectivity index (χ0n) is 15.6. The lowest BCUT2D eigenvalue weighted by Gasteiger charge is -2.38. The van der Waals surface area contributed by atoms with Gasteiger partial charge < -0.3 is 14.7 Å². The normalized spacial score (nSPS) is 18.4. The van der Waals surface area contributed by atoms with Crippen molar-refractivity contribution in [3.8, 4) is 0 Å². The number of likely N-dealkylation sites (tertiary alicyclic amines) is 1. The number of aryl methyl sites for hydroxylation is 1. The van der Waals surface area contributed by atoms with E-state index in [2.05, 4.69) is 48.0 Å². The molecule has 1 aromatic carbocycles. The first kappa shape index (κ1) is 18.9. The van der Waals surface area contributed by atoms with Crippen molar-refractivity contribution in [3.63, 3.8) is 0 Å². The molecule has 4 heteroatoms. The van der Waals surface area contributed by atoms with Crippen LogP contribution in [0.4, 0.5) is 0 Å². The van der Waals surface area contributed by atoms with E-state index >= 15 is 0 Å². The quantitative estimate of drug-likeness (QED) is 0.732. The zero-order valence-corrected chi connectivity index (χ0v) is 15.6. The van der Waals surface area contributed by atoms with Crippen molar-refractivity contribution in [1.29, 1.82) is 0 Å². The molecule has 24 heavy (non-hydrogen) atoms. The fourth-order valence-corrected chi connectivity index (χ4v) is 3.41. The Morgan fingerprint density at radius 3 is 2.62 bits per heavy atom. The zero-order chi connectivity index (χ0) is 17.4. The predicted octanol–water partition coefficient (Wildman–Crippen LogP) is 2.49. The van der Waals surface area contributed by atoms with Crippen LogP contribution >= 0.6 is 0 Å². The number of benzene rings is 1. The number of rotatable bonds is 8. The standard InChI is InChI=1S/C20H33N3O/c1-21(2)14-8-15-22(3)19-11-7-16-23(17-19)20(24)13-12-18-9-5-4-6-10-18/h4-6,9-10,19H,7-8,11-17H2,1-3H3. The Bertz CT molecular complexity index is 489. The lowest BCUT2D eigenvalue weighted by Crippen LogP contribution is -2.49. The fraction of sp³-hybridized carbons (Fsp3) is 0.650. The van der Waals surface area contributed by atoms with Crippen LogP contribution in [0, 0.1) is 0 Å². The van der Waals surface area contributed by atoms with Crippen molar-refractivity contribution in [2.45, 2.75) is 38.1 Å². The molecule has 0 N–H and O–H groups in total. The molecule has 1 amide bonds. The lowest BCUT2D eigenvalue weighted by molar-refractivity contribution is -0.133. The number of hydrogen-bond acceptors (Lipinski definition) is 3. The van der Waals surface area contributed by atoms with E-state index < -0.39 is 0 Å². The Kier molecular flexibility index (Phi) is 7.73. The molecule has 1 fully saturated rings. The SMILES string of the molecule is CN(C)CCCN(C)C1CCCN(C(=O)CCc2ccccc2)C1. The molecule has 1 aromatic rings. The molecule has 0 aliphatic carbocycles. The summed E-state index contributed by atoms with van der Waals surface area (Å²) in [5.74, 6) is 0.310. The molecule has 1 atom stereocenters. The highest BCUT2D eigenvalue weighted by Gasteiger charge is 2.25. The molecule has 2 rings (SSSR count). The maximum atomic E-state index is 12.5. The molecule has 4 nitrogen and oxygen atoms in total. The van der Waals surface area contributed by atoms with E-state index in [0.717, 1.165) is 39.0 Å². The first-order valence-corrected chi connectivity index (χ1v) is 9.23. The van der Waals surface area contributed by atoms with Crippen molar-refractivity contribution < 1.29 is 4.79 Å². The van der Waals surface area contributed by atoms with Crippen LogP contribution in [0.5, 0.6) is 0 Å². The van der Waals surface area contributed by atoms with Gasteiger partial charge >= 0.3 is 0 Å². The second-order valence-corrected chi connectivity index (χ2v) is 7.26. The average molecular weight is 332 g/mol. The van der Waals surface area contributed by atoms with E-state index in [1.807, 2.05) is 18.2 Å². The minimum absolute atomic E-state index is 0.310. The minimum Gasteiger partial charge on any atom is -0.341 e. The van der Waals surface area contributed by atoms with Gasteiger partial charge in [0.05, 0.1) is 0 Å². The Morgan fingerprint density at radius 2 is 1.92 bits per heavy atom. The molecular weight excluding hydrogens is 298 g/mol. The van der Waals surface area contributed by atoms with Gasteiger partial charge in [-0.15, -0.1) is 0 Å². The van der Waals surface area contributed by atoms with Crippen LogP contribution in [-0.2, 0) is 11.2 Å². The first-order chi connectivity index (χ1) is 11.6. The molecule has 134 valence electrons. The Hall–Kier alpha value is -1.39. The number of nitrogens with zero attached hydrogens (tertiary/aromatic N) is 3. The van der Waals surface area contributed by atoms with Gasteiger partial charge in [-0.2, -0.15) is 0 Å². The summed E-state index contributed by atoms with van der Waals surface area (Å²) in [6.45, 7) is 4.05. The summed E-state index contributed by atoms with van der Waals surface area (Å²) < 4.78 is 0. The van der Waals surface area contributed by atoms with Crippen molar-refractivity contribution in [2.75, 3.05) is 47.3 Å². The molecule has 0 aromatic heterocycles. The molecule has 0 radical (unpaired) electrons. The molecule has 1 heterocycles. The van der Waals surface area contributed by atoms with Crippen molar-refractivity contribution in [1.82, 2.24) is 14.7 Å². The van der Waals surface area contributed by atoms with Gasteiger partial charge in [0.1, 0.15) is 0 Å². The average Bonchev–Trinajstić information content (AvgIpc) is 2.60. The number of piperidine rings is 1. The minimum atomic E-state index is 0.310. The van der Waals surface area contributed by atoms with Gasteiger partial charge in [-0.3, -0.25) is 4.79 Å². The number of likely N-dealkylation sites (N-methyl/N-ethyl adjacent to an activating group) is 1. The summed E-state index contributed by atoms with van der Waals surface area (Å²) in [7, 11) is 6.44. The predicted molar refractivity (Wildman–Crippen MR) is 100 cm³/mol. The van der Waals surface area contributed by atoms with Gasteiger partial charge in [0, 0.05) is 25.6 Å². The lowest BCUT2D eigenvalue weighted by atomic mass is 10.0. The Balaban J connectivity index is 1.76. The van der Waals surface area contributed by atoms with Crippen LogP contribution in [0.25, 0.3) is 0 Å². The van der Waals surface area contributed by atoms with E-state index in [4.69, 9.17) is 0 Å². The fourth-order valence-electron chi connectivity index (χ4n) is 3.41. The van der Waals surface area contributed by atoms with Crippen LogP contribution in [-0.4, -0.2) is 74.0 Å². The first-order valence-electron chi connectivity index (χ1n) is 9.23. The smallest absolute Gasteiger partial charge is 0.222 e. The van der Waals surface area contributed by atoms with E-state index in [9.17, 15) is 4.79 Å². The molecule has 1 saturated heterocycles. The monoisotopic (exact) mass is 331 g/mol. The van der Waals surface area contributed by atoms with E-state index in [1.165, 1.54) is 18.4 Å². The third-order valence-corrected chi connectivity index (χ3v) is 4.96. The molecule has 0 saturated carbocycles. The highest BCUT2D eigenvalue weighted by atomic mass is 16.2. The molecule has 0 bridgehead atoms. The molecular formula is C20H33N3O. The van der Waals surface area contributed by atoms with Gasteiger partial charge in [0.25, 0.3) is 0 Å². The largest absolute Gasteiger partial charge is 0.341 e. The summed E-state index contributed by atoms with van der Waals surface area (Å²) in [6.07, 6.45) is 4.99.